The van der Waals surface area contributed by atoms with Gasteiger partial charge in [-0.15, -0.1) is 0 Å². The Hall–Kier alpha value is -0.590. The van der Waals surface area contributed by atoms with Crippen molar-refractivity contribution in [1.29, 1.82) is 0 Å². The first-order valence-electron chi connectivity index (χ1n) is 3.34. The van der Waals surface area contributed by atoms with Crippen molar-refractivity contribution in [3.63, 3.8) is 0 Å². The minimum atomic E-state index is 0.0887. The summed E-state index contributed by atoms with van der Waals surface area (Å²) in [7, 11) is 1.71. The Morgan fingerprint density at radius 2 is 2.18 bits per heavy atom. The Bertz CT molecular complexity index is 225. The van der Waals surface area contributed by atoms with E-state index in [1.165, 1.54) is 5.56 Å². The molecule has 0 radical (unpaired) electrons. The topological polar surface area (TPSA) is 18.5 Å². The Morgan fingerprint density at radius 3 is 2.82 bits per heavy atom. The Kier molecular flexibility index (Phi) is 3.34. The second-order valence-corrected chi connectivity index (χ2v) is 2.99. The minimum absolute atomic E-state index is 0.0887. The Labute approximate surface area is 68.5 Å². The van der Waals surface area contributed by atoms with E-state index in [4.69, 9.17) is 9.05 Å². The fraction of sp³-hybridized carbons (Fsp3) is 0.250. The van der Waals surface area contributed by atoms with Crippen LogP contribution in [0.4, 0.5) is 0 Å². The maximum atomic E-state index is 5.24. The zero-order valence-corrected chi connectivity index (χ0v) is 7.63. The summed E-state index contributed by atoms with van der Waals surface area (Å²) in [6.45, 7) is 2.03. The van der Waals surface area contributed by atoms with Crippen LogP contribution in [0.15, 0.2) is 24.3 Å². The van der Waals surface area contributed by atoms with Crippen molar-refractivity contribution in [2.24, 2.45) is 0 Å². The van der Waals surface area contributed by atoms with Gasteiger partial charge in [-0.1, -0.05) is 12.1 Å². The first kappa shape index (κ1) is 8.51. The molecular formula is C8H11O2P. The van der Waals surface area contributed by atoms with Crippen LogP contribution in [-0.2, 0) is 4.52 Å². The van der Waals surface area contributed by atoms with Gasteiger partial charge in [0.15, 0.2) is 0 Å². The molecule has 0 spiro atoms. The third-order valence-electron chi connectivity index (χ3n) is 1.23. The van der Waals surface area contributed by atoms with E-state index in [2.05, 4.69) is 0 Å². The second-order valence-electron chi connectivity index (χ2n) is 2.21. The van der Waals surface area contributed by atoms with Crippen molar-refractivity contribution in [1.82, 2.24) is 0 Å². The molecule has 0 N–H and O–H groups in total. The van der Waals surface area contributed by atoms with Gasteiger partial charge in [-0.25, -0.2) is 0 Å². The van der Waals surface area contributed by atoms with Gasteiger partial charge in [0, 0.05) is 7.11 Å². The van der Waals surface area contributed by atoms with E-state index in [1.54, 1.807) is 7.11 Å². The van der Waals surface area contributed by atoms with E-state index < -0.39 is 0 Å². The van der Waals surface area contributed by atoms with Crippen molar-refractivity contribution in [3.8, 4) is 5.75 Å². The molecule has 1 unspecified atom stereocenters. The van der Waals surface area contributed by atoms with Crippen LogP contribution in [-0.4, -0.2) is 7.11 Å². The van der Waals surface area contributed by atoms with Gasteiger partial charge in [-0.05, 0) is 24.6 Å². The molecule has 60 valence electrons. The lowest BCUT2D eigenvalue weighted by molar-refractivity contribution is 0.417. The molecule has 0 aliphatic rings. The molecule has 1 aromatic carbocycles. The van der Waals surface area contributed by atoms with Crippen LogP contribution < -0.4 is 4.52 Å². The summed E-state index contributed by atoms with van der Waals surface area (Å²) in [4.78, 5) is 0. The van der Waals surface area contributed by atoms with Crippen LogP contribution in [0.5, 0.6) is 5.75 Å². The minimum Gasteiger partial charge on any atom is -0.450 e. The smallest absolute Gasteiger partial charge is 0.215 e. The number of benzene rings is 1. The zero-order chi connectivity index (χ0) is 8.10. The third kappa shape index (κ3) is 2.87. The van der Waals surface area contributed by atoms with Gasteiger partial charge in [0.25, 0.3) is 0 Å². The van der Waals surface area contributed by atoms with E-state index >= 15 is 0 Å². The molecule has 0 aromatic heterocycles. The molecule has 0 fully saturated rings. The summed E-state index contributed by atoms with van der Waals surface area (Å²) in [6, 6.07) is 7.89. The van der Waals surface area contributed by atoms with Gasteiger partial charge in [0.2, 0.25) is 9.03 Å². The molecule has 0 saturated carbocycles. The molecule has 2 nitrogen and oxygen atoms in total. The third-order valence-corrected chi connectivity index (χ3v) is 1.72. The second kappa shape index (κ2) is 4.32. The molecule has 0 heterocycles. The van der Waals surface area contributed by atoms with Gasteiger partial charge >= 0.3 is 0 Å². The molecule has 1 rings (SSSR count). The van der Waals surface area contributed by atoms with Crippen LogP contribution in [0.1, 0.15) is 5.56 Å². The van der Waals surface area contributed by atoms with E-state index in [1.807, 2.05) is 31.2 Å². The maximum Gasteiger partial charge on any atom is 0.215 e. The summed E-state index contributed by atoms with van der Waals surface area (Å²) in [6.07, 6.45) is 0. The summed E-state index contributed by atoms with van der Waals surface area (Å²) in [5.41, 5.74) is 1.20. The first-order valence-corrected chi connectivity index (χ1v) is 4.16. The number of aryl methyl sites for hydroxylation is 1. The molecule has 0 bridgehead atoms. The Morgan fingerprint density at radius 1 is 1.36 bits per heavy atom. The highest BCUT2D eigenvalue weighted by molar-refractivity contribution is 7.26. The summed E-state index contributed by atoms with van der Waals surface area (Å²) in [5, 5.41) is 0. The lowest BCUT2D eigenvalue weighted by Gasteiger charge is -2.02. The summed E-state index contributed by atoms with van der Waals surface area (Å²) >= 11 is 0. The molecule has 1 atom stereocenters. The molecular weight excluding hydrogens is 159 g/mol. The highest BCUT2D eigenvalue weighted by Crippen LogP contribution is 2.20. The average molecular weight is 170 g/mol. The van der Waals surface area contributed by atoms with Gasteiger partial charge in [-0.2, -0.15) is 0 Å². The van der Waals surface area contributed by atoms with Crippen LogP contribution in [0, 0.1) is 6.92 Å². The molecule has 3 heteroatoms. The van der Waals surface area contributed by atoms with Crippen LogP contribution in [0.2, 0.25) is 0 Å². The number of rotatable bonds is 3. The van der Waals surface area contributed by atoms with Crippen molar-refractivity contribution in [2.45, 2.75) is 6.92 Å². The maximum absolute atomic E-state index is 5.24. The van der Waals surface area contributed by atoms with Crippen LogP contribution >= 0.6 is 9.03 Å². The molecule has 0 aliphatic carbocycles. The first-order chi connectivity index (χ1) is 5.33. The van der Waals surface area contributed by atoms with Crippen molar-refractivity contribution < 1.29 is 9.05 Å². The average Bonchev–Trinajstić information content (AvgIpc) is 2.01. The number of hydrogen-bond donors (Lipinski definition) is 0. The van der Waals surface area contributed by atoms with Crippen molar-refractivity contribution in [2.75, 3.05) is 7.11 Å². The highest BCUT2D eigenvalue weighted by atomic mass is 31.1. The summed E-state index contributed by atoms with van der Waals surface area (Å²) in [5.74, 6) is 0.866. The van der Waals surface area contributed by atoms with Crippen LogP contribution in [0.3, 0.4) is 0 Å². The monoisotopic (exact) mass is 170 g/mol. The van der Waals surface area contributed by atoms with Gasteiger partial charge in [0.05, 0.1) is 0 Å². The Balaban J connectivity index is 2.56. The van der Waals surface area contributed by atoms with E-state index in [0.29, 0.717) is 0 Å². The quantitative estimate of drug-likeness (QED) is 0.649. The fourth-order valence-corrected chi connectivity index (χ4v) is 1.08. The zero-order valence-electron chi connectivity index (χ0n) is 6.63. The van der Waals surface area contributed by atoms with E-state index in [9.17, 15) is 0 Å². The number of hydrogen-bond acceptors (Lipinski definition) is 2. The SMILES string of the molecule is COPOc1cccc(C)c1. The highest BCUT2D eigenvalue weighted by Gasteiger charge is 1.91. The lowest BCUT2D eigenvalue weighted by Crippen LogP contribution is -1.79. The largest absolute Gasteiger partial charge is 0.450 e. The normalized spacial score (nSPS) is 10.7. The van der Waals surface area contributed by atoms with E-state index in [0.717, 1.165) is 5.75 Å². The molecule has 1 aromatic rings. The predicted molar refractivity (Wildman–Crippen MR) is 47.1 cm³/mol. The van der Waals surface area contributed by atoms with Gasteiger partial charge < -0.3 is 9.05 Å². The van der Waals surface area contributed by atoms with E-state index in [-0.39, 0.29) is 9.03 Å². The van der Waals surface area contributed by atoms with Crippen molar-refractivity contribution in [3.05, 3.63) is 29.8 Å². The summed E-state index contributed by atoms with van der Waals surface area (Å²) < 4.78 is 10.0. The predicted octanol–water partition coefficient (Wildman–Crippen LogP) is 2.53. The molecule has 0 saturated heterocycles. The van der Waals surface area contributed by atoms with Crippen molar-refractivity contribution >= 4 is 9.03 Å². The standard InChI is InChI=1S/C8H11O2P/c1-7-4-3-5-8(6-7)10-11-9-2/h3-6,11H,1-2H3. The van der Waals surface area contributed by atoms with Gasteiger partial charge in [0.1, 0.15) is 5.75 Å². The van der Waals surface area contributed by atoms with Gasteiger partial charge in [-0.3, -0.25) is 0 Å². The molecule has 11 heavy (non-hydrogen) atoms. The molecule has 0 aliphatic heterocycles. The fourth-order valence-electron chi connectivity index (χ4n) is 0.769. The lowest BCUT2D eigenvalue weighted by atomic mass is 10.2. The van der Waals surface area contributed by atoms with Crippen LogP contribution in [0.25, 0.3) is 0 Å². The molecule has 0 amide bonds.